The summed E-state index contributed by atoms with van der Waals surface area (Å²) in [5, 5.41) is 25.2. The number of aromatic hydroxyl groups is 2. The number of nitrogens with one attached hydrogen (secondary N) is 2. The van der Waals surface area contributed by atoms with E-state index in [0.717, 1.165) is 11.1 Å². The first kappa shape index (κ1) is 25.5. The number of rotatable bonds is 6. The van der Waals surface area contributed by atoms with Crippen LogP contribution in [0.15, 0.2) is 94.7 Å². The molecule has 2 amide bonds. The normalized spacial score (nSPS) is 11.1. The molecule has 0 saturated heterocycles. The van der Waals surface area contributed by atoms with Crippen molar-refractivity contribution in [3.05, 3.63) is 107 Å². The van der Waals surface area contributed by atoms with Gasteiger partial charge >= 0.3 is 0 Å². The van der Waals surface area contributed by atoms with Crippen LogP contribution in [0.4, 0.5) is 11.4 Å². The predicted octanol–water partition coefficient (Wildman–Crippen LogP) is 5.05. The molecule has 188 valence electrons. The fraction of sp³-hybridized carbons (Fsp3) is 0.0714. The Labute approximate surface area is 214 Å². The molecule has 0 radical (unpaired) electrons. The van der Waals surface area contributed by atoms with Gasteiger partial charge in [0.25, 0.3) is 11.8 Å². The number of amides is 2. The molecule has 0 fully saturated rings. The number of carbonyl (C=O) groups is 2. The maximum atomic E-state index is 13.4. The number of phenols is 2. The summed E-state index contributed by atoms with van der Waals surface area (Å²) in [5.41, 5.74) is 2.21. The summed E-state index contributed by atoms with van der Waals surface area (Å²) in [4.78, 5) is 25.3. The lowest BCUT2D eigenvalue weighted by molar-refractivity contribution is 0.101. The van der Waals surface area contributed by atoms with Gasteiger partial charge in [-0.25, -0.2) is 8.42 Å². The van der Waals surface area contributed by atoms with E-state index in [1.807, 2.05) is 0 Å². The van der Waals surface area contributed by atoms with E-state index in [0.29, 0.717) is 0 Å². The summed E-state index contributed by atoms with van der Waals surface area (Å²) in [6, 6.07) is 20.5. The van der Waals surface area contributed by atoms with E-state index in [1.54, 1.807) is 38.1 Å². The number of aryl methyl sites for hydroxylation is 2. The lowest BCUT2D eigenvalue weighted by atomic mass is 10.1. The van der Waals surface area contributed by atoms with Crippen LogP contribution in [0.2, 0.25) is 0 Å². The number of benzene rings is 4. The second kappa shape index (κ2) is 10.2. The molecular weight excluding hydrogens is 492 g/mol. The number of hydrogen-bond acceptors (Lipinski definition) is 6. The fourth-order valence-corrected chi connectivity index (χ4v) is 4.99. The summed E-state index contributed by atoms with van der Waals surface area (Å²) in [6.07, 6.45) is 0. The van der Waals surface area contributed by atoms with Crippen molar-refractivity contribution in [3.8, 4) is 11.5 Å². The first-order valence-corrected chi connectivity index (χ1v) is 12.7. The van der Waals surface area contributed by atoms with Gasteiger partial charge in [0, 0.05) is 11.1 Å². The van der Waals surface area contributed by atoms with Crippen LogP contribution in [0.3, 0.4) is 0 Å². The van der Waals surface area contributed by atoms with Crippen LogP contribution in [-0.4, -0.2) is 30.4 Å². The Kier molecular flexibility index (Phi) is 6.99. The summed E-state index contributed by atoms with van der Waals surface area (Å²) in [6.45, 7) is 3.61. The highest BCUT2D eigenvalue weighted by Gasteiger charge is 2.21. The molecule has 0 saturated carbocycles. The minimum atomic E-state index is -4.09. The topological polar surface area (TPSA) is 133 Å². The molecule has 0 heterocycles. The highest BCUT2D eigenvalue weighted by Crippen LogP contribution is 2.27. The summed E-state index contributed by atoms with van der Waals surface area (Å²) in [7, 11) is -4.09. The van der Waals surface area contributed by atoms with Gasteiger partial charge in [-0.2, -0.15) is 0 Å². The van der Waals surface area contributed by atoms with Crippen molar-refractivity contribution >= 4 is 33.0 Å². The van der Waals surface area contributed by atoms with Crippen molar-refractivity contribution in [3.63, 3.8) is 0 Å². The molecule has 0 aliphatic rings. The largest absolute Gasteiger partial charge is 0.506 e. The zero-order valence-electron chi connectivity index (χ0n) is 20.0. The van der Waals surface area contributed by atoms with Crippen molar-refractivity contribution < 1.29 is 28.2 Å². The number of phenolic OH excluding ortho intramolecular Hbond substituents is 2. The van der Waals surface area contributed by atoms with Crippen LogP contribution in [0, 0.1) is 13.8 Å². The number of sulfone groups is 1. The molecule has 4 aromatic rings. The van der Waals surface area contributed by atoms with Crippen molar-refractivity contribution in [1.29, 1.82) is 0 Å². The minimum Gasteiger partial charge on any atom is -0.506 e. The maximum absolute atomic E-state index is 13.4. The minimum absolute atomic E-state index is 0.0748. The number of anilines is 2. The zero-order chi connectivity index (χ0) is 26.7. The summed E-state index contributed by atoms with van der Waals surface area (Å²) in [5.74, 6) is -1.42. The highest BCUT2D eigenvalue weighted by atomic mass is 32.2. The maximum Gasteiger partial charge on any atom is 0.255 e. The van der Waals surface area contributed by atoms with Crippen LogP contribution in [0.5, 0.6) is 11.5 Å². The molecule has 4 N–H and O–H groups in total. The molecule has 0 aliphatic carbocycles. The standard InChI is InChI=1S/C28H24N2O6S/c1-17-9-11-25(31)23(13-17)29-27(33)19-5-3-7-21(15-19)37(35,36)22-8-4-6-20(16-22)28(34)30-24-14-18(2)10-12-26(24)32/h3-16,31-32H,1-2H3,(H,29,33)(H,30,34). The van der Waals surface area contributed by atoms with Crippen LogP contribution < -0.4 is 10.6 Å². The Bertz CT molecular complexity index is 1510. The van der Waals surface area contributed by atoms with Crippen molar-refractivity contribution in [2.45, 2.75) is 23.6 Å². The summed E-state index contributed by atoms with van der Waals surface area (Å²) >= 11 is 0. The van der Waals surface area contributed by atoms with Crippen molar-refractivity contribution in [2.75, 3.05) is 10.6 Å². The number of hydrogen-bond donors (Lipinski definition) is 4. The Balaban J connectivity index is 1.59. The summed E-state index contributed by atoms with van der Waals surface area (Å²) < 4.78 is 26.7. The second-order valence-corrected chi connectivity index (χ2v) is 10.5. The van der Waals surface area contributed by atoms with Gasteiger partial charge in [-0.05, 0) is 85.6 Å². The molecule has 4 rings (SSSR count). The van der Waals surface area contributed by atoms with Crippen LogP contribution in [-0.2, 0) is 9.84 Å². The first-order chi connectivity index (χ1) is 17.5. The third-order valence-electron chi connectivity index (χ3n) is 5.61. The molecule has 4 aromatic carbocycles. The SMILES string of the molecule is Cc1ccc(O)c(NC(=O)c2cccc(S(=O)(=O)c3cccc(C(=O)Nc4cc(C)ccc4O)c3)c2)c1. The number of carbonyl (C=O) groups excluding carboxylic acids is 2. The predicted molar refractivity (Wildman–Crippen MR) is 140 cm³/mol. The van der Waals surface area contributed by atoms with Gasteiger partial charge in [0.1, 0.15) is 11.5 Å². The average Bonchev–Trinajstić information content (AvgIpc) is 2.88. The molecule has 8 nitrogen and oxygen atoms in total. The third-order valence-corrected chi connectivity index (χ3v) is 7.36. The van der Waals surface area contributed by atoms with Gasteiger partial charge in [0.2, 0.25) is 9.84 Å². The molecular formula is C28H24N2O6S. The third kappa shape index (κ3) is 5.62. The van der Waals surface area contributed by atoms with Crippen molar-refractivity contribution in [2.24, 2.45) is 0 Å². The van der Waals surface area contributed by atoms with Gasteiger partial charge in [0.05, 0.1) is 21.2 Å². The molecule has 0 spiro atoms. The molecule has 0 aliphatic heterocycles. The Morgan fingerprint density at radius 3 is 1.43 bits per heavy atom. The van der Waals surface area contributed by atoms with E-state index in [1.165, 1.54) is 60.7 Å². The smallest absolute Gasteiger partial charge is 0.255 e. The van der Waals surface area contributed by atoms with E-state index in [-0.39, 0.29) is 43.8 Å². The lowest BCUT2D eigenvalue weighted by Gasteiger charge is -2.11. The monoisotopic (exact) mass is 516 g/mol. The Morgan fingerprint density at radius 1 is 0.622 bits per heavy atom. The average molecular weight is 517 g/mol. The molecule has 37 heavy (non-hydrogen) atoms. The van der Waals surface area contributed by atoms with E-state index < -0.39 is 21.7 Å². The zero-order valence-corrected chi connectivity index (χ0v) is 20.8. The highest BCUT2D eigenvalue weighted by molar-refractivity contribution is 7.91. The van der Waals surface area contributed by atoms with Crippen LogP contribution in [0.25, 0.3) is 0 Å². The van der Waals surface area contributed by atoms with E-state index in [9.17, 15) is 28.2 Å². The lowest BCUT2D eigenvalue weighted by Crippen LogP contribution is -2.14. The van der Waals surface area contributed by atoms with Crippen LogP contribution in [0.1, 0.15) is 31.8 Å². The van der Waals surface area contributed by atoms with E-state index >= 15 is 0 Å². The Hall–Kier alpha value is -4.63. The molecule has 0 unspecified atom stereocenters. The molecule has 0 atom stereocenters. The Morgan fingerprint density at radius 2 is 1.03 bits per heavy atom. The molecule has 0 bridgehead atoms. The van der Waals surface area contributed by atoms with Gasteiger partial charge in [0.15, 0.2) is 0 Å². The fourth-order valence-electron chi connectivity index (χ4n) is 3.63. The van der Waals surface area contributed by atoms with E-state index in [2.05, 4.69) is 10.6 Å². The molecule has 9 heteroatoms. The van der Waals surface area contributed by atoms with Crippen LogP contribution >= 0.6 is 0 Å². The van der Waals surface area contributed by atoms with E-state index in [4.69, 9.17) is 0 Å². The second-order valence-electron chi connectivity index (χ2n) is 8.51. The van der Waals surface area contributed by atoms with Gasteiger partial charge in [-0.1, -0.05) is 24.3 Å². The van der Waals surface area contributed by atoms with Gasteiger partial charge in [-0.15, -0.1) is 0 Å². The quantitative estimate of drug-likeness (QED) is 0.265. The van der Waals surface area contributed by atoms with Gasteiger partial charge in [-0.3, -0.25) is 9.59 Å². The van der Waals surface area contributed by atoms with Gasteiger partial charge < -0.3 is 20.8 Å². The molecule has 0 aromatic heterocycles. The van der Waals surface area contributed by atoms with Crippen molar-refractivity contribution in [1.82, 2.24) is 0 Å². The first-order valence-electron chi connectivity index (χ1n) is 11.2.